The molecule has 0 radical (unpaired) electrons. The van der Waals surface area contributed by atoms with Crippen molar-refractivity contribution in [2.45, 2.75) is 39.0 Å². The van der Waals surface area contributed by atoms with Gasteiger partial charge in [0.25, 0.3) is 5.56 Å². The number of hydrogen-bond donors (Lipinski definition) is 1. The Kier molecular flexibility index (Phi) is 3.92. The molecule has 0 amide bonds. The first-order valence-corrected chi connectivity index (χ1v) is 6.78. The minimum atomic E-state index is -0.955. The van der Waals surface area contributed by atoms with Crippen molar-refractivity contribution in [2.75, 3.05) is 0 Å². The molecule has 20 heavy (non-hydrogen) atoms. The summed E-state index contributed by atoms with van der Waals surface area (Å²) in [6.07, 6.45) is 1.74. The highest BCUT2D eigenvalue weighted by molar-refractivity contribution is 5.69. The van der Waals surface area contributed by atoms with Gasteiger partial charge in [-0.3, -0.25) is 9.59 Å². The van der Waals surface area contributed by atoms with E-state index in [1.54, 1.807) is 11.6 Å². The number of aromatic nitrogens is 3. The van der Waals surface area contributed by atoms with Crippen molar-refractivity contribution >= 4 is 11.6 Å². The molecule has 0 saturated heterocycles. The van der Waals surface area contributed by atoms with Gasteiger partial charge in [-0.1, -0.05) is 13.8 Å². The third kappa shape index (κ3) is 2.45. The van der Waals surface area contributed by atoms with Crippen molar-refractivity contribution in [3.63, 3.8) is 0 Å². The van der Waals surface area contributed by atoms with E-state index in [0.29, 0.717) is 17.3 Å². The van der Waals surface area contributed by atoms with Crippen LogP contribution in [-0.4, -0.2) is 25.3 Å². The topological polar surface area (TPSA) is 76.6 Å². The first-order valence-electron chi connectivity index (χ1n) is 6.78. The Labute approximate surface area is 116 Å². The zero-order valence-corrected chi connectivity index (χ0v) is 12.0. The molecule has 0 saturated carbocycles. The van der Waals surface area contributed by atoms with Crippen LogP contribution in [0, 0.1) is 0 Å². The number of rotatable bonds is 5. The van der Waals surface area contributed by atoms with E-state index in [9.17, 15) is 9.59 Å². The maximum Gasteiger partial charge on any atom is 0.309 e. The highest BCUT2D eigenvalue weighted by Crippen LogP contribution is 2.22. The van der Waals surface area contributed by atoms with E-state index in [2.05, 4.69) is 18.9 Å². The predicted molar refractivity (Wildman–Crippen MR) is 75.1 cm³/mol. The predicted octanol–water partition coefficient (Wildman–Crippen LogP) is 1.56. The van der Waals surface area contributed by atoms with Gasteiger partial charge in [-0.05, 0) is 12.8 Å². The maximum atomic E-state index is 12.0. The number of fused-ring (bicyclic) bond motifs is 1. The van der Waals surface area contributed by atoms with Gasteiger partial charge in [-0.2, -0.15) is 9.61 Å². The molecule has 6 heteroatoms. The van der Waals surface area contributed by atoms with Gasteiger partial charge in [-0.25, -0.2) is 0 Å². The Balaban J connectivity index is 2.62. The fourth-order valence-electron chi connectivity index (χ4n) is 2.47. The quantitative estimate of drug-likeness (QED) is 0.899. The lowest BCUT2D eigenvalue weighted by atomic mass is 10.00. The van der Waals surface area contributed by atoms with E-state index < -0.39 is 5.97 Å². The molecular formula is C14H19N3O3. The second-order valence-corrected chi connectivity index (χ2v) is 4.96. The summed E-state index contributed by atoms with van der Waals surface area (Å²) in [5.74, 6) is -0.638. The lowest BCUT2D eigenvalue weighted by Crippen LogP contribution is -2.21. The molecule has 108 valence electrons. The molecular weight excluding hydrogens is 258 g/mol. The molecule has 0 aliphatic carbocycles. The van der Waals surface area contributed by atoms with Crippen LogP contribution in [0.4, 0.5) is 0 Å². The van der Waals surface area contributed by atoms with E-state index in [-0.39, 0.29) is 12.0 Å². The Morgan fingerprint density at radius 2 is 2.00 bits per heavy atom. The minimum Gasteiger partial charge on any atom is -0.481 e. The molecule has 0 fully saturated rings. The molecule has 0 spiro atoms. The van der Waals surface area contributed by atoms with Crippen LogP contribution in [0.2, 0.25) is 0 Å². The van der Waals surface area contributed by atoms with E-state index in [0.717, 1.165) is 18.5 Å². The summed E-state index contributed by atoms with van der Waals surface area (Å²) in [5.41, 5.74) is 1.71. The van der Waals surface area contributed by atoms with Crippen LogP contribution in [0.5, 0.6) is 0 Å². The van der Waals surface area contributed by atoms with Crippen LogP contribution in [0.1, 0.15) is 44.0 Å². The average Bonchev–Trinajstić information content (AvgIpc) is 2.82. The molecule has 1 N–H and O–H groups in total. The van der Waals surface area contributed by atoms with E-state index in [1.807, 2.05) is 6.07 Å². The smallest absolute Gasteiger partial charge is 0.309 e. The van der Waals surface area contributed by atoms with Crippen LogP contribution < -0.4 is 5.56 Å². The van der Waals surface area contributed by atoms with Gasteiger partial charge in [0.15, 0.2) is 0 Å². The Hall–Kier alpha value is -2.11. The SMILES string of the molecule is CCC(CC)c1cc2n(C)c(CC(=O)O)cc(=O)n2n1. The Bertz CT molecular complexity index is 695. The number of aryl methyl sites for hydroxylation is 1. The van der Waals surface area contributed by atoms with Crippen LogP contribution in [0.15, 0.2) is 16.9 Å². The van der Waals surface area contributed by atoms with Crippen LogP contribution >= 0.6 is 0 Å². The number of hydrogen-bond acceptors (Lipinski definition) is 3. The molecule has 2 aromatic heterocycles. The van der Waals surface area contributed by atoms with E-state index in [1.165, 1.54) is 10.6 Å². The zero-order valence-electron chi connectivity index (χ0n) is 12.0. The molecule has 6 nitrogen and oxygen atoms in total. The molecule has 0 atom stereocenters. The van der Waals surface area contributed by atoms with Crippen LogP contribution in [0.3, 0.4) is 0 Å². The number of carboxylic acid groups (broad SMARTS) is 1. The molecule has 0 aromatic carbocycles. The van der Waals surface area contributed by atoms with Crippen LogP contribution in [0.25, 0.3) is 5.65 Å². The summed E-state index contributed by atoms with van der Waals surface area (Å²) < 4.78 is 3.06. The largest absolute Gasteiger partial charge is 0.481 e. The fraction of sp³-hybridized carbons (Fsp3) is 0.500. The van der Waals surface area contributed by atoms with E-state index >= 15 is 0 Å². The zero-order chi connectivity index (χ0) is 14.9. The average molecular weight is 277 g/mol. The number of carbonyl (C=O) groups is 1. The second-order valence-electron chi connectivity index (χ2n) is 4.96. The lowest BCUT2D eigenvalue weighted by molar-refractivity contribution is -0.136. The van der Waals surface area contributed by atoms with Gasteiger partial charge < -0.3 is 9.67 Å². The maximum absolute atomic E-state index is 12.0. The first-order chi connectivity index (χ1) is 9.47. The van der Waals surface area contributed by atoms with Gasteiger partial charge in [0.2, 0.25) is 0 Å². The molecule has 0 bridgehead atoms. The van der Waals surface area contributed by atoms with Crippen molar-refractivity contribution < 1.29 is 9.90 Å². The van der Waals surface area contributed by atoms with Gasteiger partial charge in [0, 0.05) is 30.8 Å². The Morgan fingerprint density at radius 3 is 2.55 bits per heavy atom. The summed E-state index contributed by atoms with van der Waals surface area (Å²) in [7, 11) is 1.76. The van der Waals surface area contributed by atoms with E-state index in [4.69, 9.17) is 5.11 Å². The van der Waals surface area contributed by atoms with Gasteiger partial charge in [0.1, 0.15) is 5.65 Å². The molecule has 2 heterocycles. The van der Waals surface area contributed by atoms with Crippen molar-refractivity contribution in [2.24, 2.45) is 7.05 Å². The number of carboxylic acids is 1. The molecule has 0 aliphatic rings. The molecule has 0 aliphatic heterocycles. The van der Waals surface area contributed by atoms with Gasteiger partial charge >= 0.3 is 5.97 Å². The Morgan fingerprint density at radius 1 is 1.35 bits per heavy atom. The highest BCUT2D eigenvalue weighted by Gasteiger charge is 2.16. The normalized spacial score (nSPS) is 11.4. The second kappa shape index (κ2) is 5.48. The summed E-state index contributed by atoms with van der Waals surface area (Å²) in [6, 6.07) is 3.22. The summed E-state index contributed by atoms with van der Waals surface area (Å²) in [6.45, 7) is 4.18. The summed E-state index contributed by atoms with van der Waals surface area (Å²) in [4.78, 5) is 22.9. The van der Waals surface area contributed by atoms with Crippen molar-refractivity contribution in [1.82, 2.24) is 14.2 Å². The standard InChI is InChI=1S/C14H19N3O3/c1-4-9(5-2)11-8-12-16(3)10(7-14(19)20)6-13(18)17(12)15-11/h6,8-9H,4-5,7H2,1-3H3,(H,19,20). The van der Waals surface area contributed by atoms with Crippen LogP contribution in [-0.2, 0) is 18.3 Å². The van der Waals surface area contributed by atoms with Crippen molar-refractivity contribution in [3.8, 4) is 0 Å². The lowest BCUT2D eigenvalue weighted by Gasteiger charge is -2.07. The molecule has 2 aromatic rings. The monoisotopic (exact) mass is 277 g/mol. The third-order valence-corrected chi connectivity index (χ3v) is 3.72. The number of aliphatic carboxylic acids is 1. The van der Waals surface area contributed by atoms with Gasteiger partial charge in [-0.15, -0.1) is 0 Å². The van der Waals surface area contributed by atoms with Crippen molar-refractivity contribution in [1.29, 1.82) is 0 Å². The fourth-order valence-corrected chi connectivity index (χ4v) is 2.47. The number of nitrogens with zero attached hydrogens (tertiary/aromatic N) is 3. The van der Waals surface area contributed by atoms with Gasteiger partial charge in [0.05, 0.1) is 12.1 Å². The highest BCUT2D eigenvalue weighted by atomic mass is 16.4. The summed E-state index contributed by atoms with van der Waals surface area (Å²) in [5, 5.41) is 13.3. The molecule has 0 unspecified atom stereocenters. The minimum absolute atomic E-state index is 0.173. The third-order valence-electron chi connectivity index (χ3n) is 3.72. The first kappa shape index (κ1) is 14.3. The van der Waals surface area contributed by atoms with Crippen molar-refractivity contribution in [3.05, 3.63) is 33.9 Å². The summed E-state index contributed by atoms with van der Waals surface area (Å²) >= 11 is 0. The molecule has 2 rings (SSSR count).